The lowest BCUT2D eigenvalue weighted by Crippen LogP contribution is -2.14. The highest BCUT2D eigenvalue weighted by molar-refractivity contribution is 6.42. The molecular formula is C23H18Cl2N4O. The van der Waals surface area contributed by atoms with E-state index in [9.17, 15) is 4.79 Å². The summed E-state index contributed by atoms with van der Waals surface area (Å²) in [5, 5.41) is 8.07. The first-order valence-corrected chi connectivity index (χ1v) is 10.0. The molecular weight excluding hydrogens is 419 g/mol. The molecule has 1 aromatic heterocycles. The van der Waals surface area contributed by atoms with Gasteiger partial charge in [-0.15, -0.1) is 5.10 Å². The van der Waals surface area contributed by atoms with Crippen LogP contribution in [0.25, 0.3) is 17.1 Å². The lowest BCUT2D eigenvalue weighted by molar-refractivity contribution is 0.101. The van der Waals surface area contributed by atoms with Crippen molar-refractivity contribution >= 4 is 34.8 Å². The minimum Gasteiger partial charge on any atom is -0.319 e. The van der Waals surface area contributed by atoms with Gasteiger partial charge < -0.3 is 5.32 Å². The second-order valence-electron chi connectivity index (χ2n) is 6.91. The van der Waals surface area contributed by atoms with E-state index in [0.717, 1.165) is 22.4 Å². The van der Waals surface area contributed by atoms with Crippen molar-refractivity contribution in [3.05, 3.63) is 93.7 Å². The van der Waals surface area contributed by atoms with Gasteiger partial charge >= 0.3 is 0 Å². The molecule has 0 unspecified atom stereocenters. The van der Waals surface area contributed by atoms with Crippen molar-refractivity contribution < 1.29 is 4.79 Å². The number of benzene rings is 3. The van der Waals surface area contributed by atoms with E-state index in [1.54, 1.807) is 22.9 Å². The predicted molar refractivity (Wildman–Crippen MR) is 121 cm³/mol. The summed E-state index contributed by atoms with van der Waals surface area (Å²) in [7, 11) is 0. The molecule has 0 aliphatic rings. The van der Waals surface area contributed by atoms with E-state index in [0.29, 0.717) is 21.6 Å². The second kappa shape index (κ2) is 8.30. The van der Waals surface area contributed by atoms with Gasteiger partial charge in [0.25, 0.3) is 5.91 Å². The maximum atomic E-state index is 12.9. The van der Waals surface area contributed by atoms with Crippen LogP contribution >= 0.6 is 23.2 Å². The average Bonchev–Trinajstić information content (AvgIpc) is 3.18. The van der Waals surface area contributed by atoms with E-state index in [-0.39, 0.29) is 5.82 Å². The van der Waals surface area contributed by atoms with Crippen molar-refractivity contribution in [3.63, 3.8) is 0 Å². The number of carbonyl (C=O) groups excluding carboxylic acids is 1. The zero-order chi connectivity index (χ0) is 21.3. The number of carbonyl (C=O) groups is 1. The number of anilines is 1. The van der Waals surface area contributed by atoms with Crippen molar-refractivity contribution in [3.8, 4) is 17.1 Å². The highest BCUT2D eigenvalue weighted by Gasteiger charge is 2.20. The van der Waals surface area contributed by atoms with Crippen LogP contribution < -0.4 is 5.32 Å². The molecule has 150 valence electrons. The fraction of sp³-hybridized carbons (Fsp3) is 0.0870. The molecule has 0 saturated heterocycles. The molecule has 30 heavy (non-hydrogen) atoms. The smallest absolute Gasteiger partial charge is 0.295 e. The number of halogens is 2. The number of aryl methyl sites for hydroxylation is 2. The predicted octanol–water partition coefficient (Wildman–Crippen LogP) is 6.11. The monoisotopic (exact) mass is 436 g/mol. The molecule has 0 atom stereocenters. The fourth-order valence-corrected chi connectivity index (χ4v) is 3.36. The summed E-state index contributed by atoms with van der Waals surface area (Å²) >= 11 is 12.0. The number of hydrogen-bond donors (Lipinski definition) is 1. The zero-order valence-corrected chi connectivity index (χ0v) is 17.9. The van der Waals surface area contributed by atoms with Crippen LogP contribution in [0, 0.1) is 13.8 Å². The molecule has 4 rings (SSSR count). The fourth-order valence-electron chi connectivity index (χ4n) is 3.06. The Morgan fingerprint density at radius 1 is 0.933 bits per heavy atom. The van der Waals surface area contributed by atoms with E-state index in [2.05, 4.69) is 15.4 Å². The van der Waals surface area contributed by atoms with Crippen LogP contribution in [0.2, 0.25) is 10.0 Å². The molecule has 4 aromatic rings. The van der Waals surface area contributed by atoms with Gasteiger partial charge in [-0.05, 0) is 49.2 Å². The van der Waals surface area contributed by atoms with Gasteiger partial charge in [0.2, 0.25) is 5.82 Å². The van der Waals surface area contributed by atoms with Crippen LogP contribution in [-0.4, -0.2) is 20.7 Å². The molecule has 0 bridgehead atoms. The molecule has 0 aliphatic heterocycles. The van der Waals surface area contributed by atoms with Gasteiger partial charge in [0.15, 0.2) is 5.82 Å². The largest absolute Gasteiger partial charge is 0.319 e. The van der Waals surface area contributed by atoms with Crippen LogP contribution in [-0.2, 0) is 0 Å². The number of nitrogens with zero attached hydrogens (tertiary/aromatic N) is 3. The Morgan fingerprint density at radius 3 is 2.43 bits per heavy atom. The molecule has 3 aromatic carbocycles. The highest BCUT2D eigenvalue weighted by Crippen LogP contribution is 2.26. The van der Waals surface area contributed by atoms with Gasteiger partial charge in [-0.1, -0.05) is 65.7 Å². The SMILES string of the molecule is Cc1ccc(C)c(-n2nc(C(=O)Nc3ccc(Cl)c(Cl)c3)nc2-c2ccccc2)c1. The molecule has 1 N–H and O–H groups in total. The molecule has 1 heterocycles. The molecule has 1 amide bonds. The van der Waals surface area contributed by atoms with Crippen molar-refractivity contribution in [1.82, 2.24) is 14.8 Å². The lowest BCUT2D eigenvalue weighted by Gasteiger charge is -2.10. The molecule has 0 aliphatic carbocycles. The number of nitrogens with one attached hydrogen (secondary N) is 1. The molecule has 7 heteroatoms. The molecule has 0 saturated carbocycles. The Bertz CT molecular complexity index is 1240. The molecule has 0 radical (unpaired) electrons. The highest BCUT2D eigenvalue weighted by atomic mass is 35.5. The van der Waals surface area contributed by atoms with Crippen molar-refractivity contribution in [1.29, 1.82) is 0 Å². The average molecular weight is 437 g/mol. The number of hydrogen-bond acceptors (Lipinski definition) is 3. The number of amides is 1. The quantitative estimate of drug-likeness (QED) is 0.419. The lowest BCUT2D eigenvalue weighted by atomic mass is 10.1. The zero-order valence-electron chi connectivity index (χ0n) is 16.4. The maximum Gasteiger partial charge on any atom is 0.295 e. The Kier molecular flexibility index (Phi) is 5.57. The molecule has 5 nitrogen and oxygen atoms in total. The Balaban J connectivity index is 1.78. The van der Waals surface area contributed by atoms with Gasteiger partial charge in [0.05, 0.1) is 15.7 Å². The number of aromatic nitrogens is 3. The summed E-state index contributed by atoms with van der Waals surface area (Å²) in [4.78, 5) is 17.4. The third-order valence-corrected chi connectivity index (χ3v) is 5.35. The van der Waals surface area contributed by atoms with E-state index in [1.807, 2.05) is 62.4 Å². The van der Waals surface area contributed by atoms with Gasteiger partial charge in [-0.25, -0.2) is 9.67 Å². The van der Waals surface area contributed by atoms with Crippen molar-refractivity contribution in [2.75, 3.05) is 5.32 Å². The second-order valence-corrected chi connectivity index (χ2v) is 7.72. The molecule has 0 fully saturated rings. The number of rotatable bonds is 4. The van der Waals surface area contributed by atoms with Gasteiger partial charge in [-0.3, -0.25) is 4.79 Å². The Morgan fingerprint density at radius 2 is 1.70 bits per heavy atom. The van der Waals surface area contributed by atoms with Gasteiger partial charge in [0.1, 0.15) is 0 Å². The standard InChI is InChI=1S/C23H18Cl2N4O/c1-14-8-9-15(2)20(12-14)29-22(16-6-4-3-5-7-16)27-21(28-29)23(30)26-17-10-11-18(24)19(25)13-17/h3-13H,1-2H3,(H,26,30). The summed E-state index contributed by atoms with van der Waals surface area (Å²) in [5.41, 5.74) is 4.36. The van der Waals surface area contributed by atoms with Crippen molar-refractivity contribution in [2.45, 2.75) is 13.8 Å². The first-order valence-electron chi connectivity index (χ1n) is 9.29. The summed E-state index contributed by atoms with van der Waals surface area (Å²) in [6.45, 7) is 4.01. The minimum atomic E-state index is -0.436. The Hall–Kier alpha value is -3.15. The van der Waals surface area contributed by atoms with E-state index < -0.39 is 5.91 Å². The third kappa shape index (κ3) is 4.08. The summed E-state index contributed by atoms with van der Waals surface area (Å²) in [6.07, 6.45) is 0. The summed E-state index contributed by atoms with van der Waals surface area (Å²) in [6, 6.07) is 20.6. The van der Waals surface area contributed by atoms with E-state index >= 15 is 0 Å². The van der Waals surface area contributed by atoms with Crippen LogP contribution in [0.3, 0.4) is 0 Å². The van der Waals surface area contributed by atoms with Crippen LogP contribution in [0.15, 0.2) is 66.7 Å². The summed E-state index contributed by atoms with van der Waals surface area (Å²) < 4.78 is 1.71. The third-order valence-electron chi connectivity index (χ3n) is 4.61. The molecule has 0 spiro atoms. The minimum absolute atomic E-state index is 0.0563. The van der Waals surface area contributed by atoms with Gasteiger partial charge in [0, 0.05) is 11.3 Å². The van der Waals surface area contributed by atoms with Crippen LogP contribution in [0.5, 0.6) is 0 Å². The first-order chi connectivity index (χ1) is 14.4. The maximum absolute atomic E-state index is 12.9. The van der Waals surface area contributed by atoms with E-state index in [1.165, 1.54) is 0 Å². The first kappa shape index (κ1) is 20.1. The summed E-state index contributed by atoms with van der Waals surface area (Å²) in [5.74, 6) is 0.207. The Labute approximate surface area is 184 Å². The van der Waals surface area contributed by atoms with Gasteiger partial charge in [-0.2, -0.15) is 0 Å². The topological polar surface area (TPSA) is 59.8 Å². The normalized spacial score (nSPS) is 10.8. The van der Waals surface area contributed by atoms with Crippen molar-refractivity contribution in [2.24, 2.45) is 0 Å². The van der Waals surface area contributed by atoms with Crippen LogP contribution in [0.4, 0.5) is 5.69 Å². The van der Waals surface area contributed by atoms with Crippen LogP contribution in [0.1, 0.15) is 21.7 Å². The van der Waals surface area contributed by atoms with E-state index in [4.69, 9.17) is 23.2 Å².